The smallest absolute Gasteiger partial charge is 0.155 e. The minimum absolute atomic E-state index is 0.267. The van der Waals surface area contributed by atoms with E-state index in [1.807, 2.05) is 0 Å². The molecule has 2 aliphatic rings. The van der Waals surface area contributed by atoms with Crippen LogP contribution in [-0.2, 0) is 0 Å². The lowest BCUT2D eigenvalue weighted by Gasteiger charge is -2.31. The topological polar surface area (TPSA) is 28.1 Å². The van der Waals surface area contributed by atoms with Crippen LogP contribution in [0.25, 0.3) is 0 Å². The predicted molar refractivity (Wildman–Crippen MR) is 115 cm³/mol. The summed E-state index contributed by atoms with van der Waals surface area (Å²) < 4.78 is 7.44. The van der Waals surface area contributed by atoms with Crippen LogP contribution in [0.4, 0.5) is 11.4 Å². The van der Waals surface area contributed by atoms with Gasteiger partial charge >= 0.3 is 0 Å². The quantitative estimate of drug-likeness (QED) is 0.575. The molecule has 4 nitrogen and oxygen atoms in total. The summed E-state index contributed by atoms with van der Waals surface area (Å²) in [6, 6.07) is 6.57. The number of rotatable bonds is 6. The average molecular weight is 451 g/mol. The van der Waals surface area contributed by atoms with E-state index in [1.54, 1.807) is 0 Å². The lowest BCUT2D eigenvalue weighted by molar-refractivity contribution is 0.283. The summed E-state index contributed by atoms with van der Waals surface area (Å²) in [6.07, 6.45) is 4.47. The number of aliphatic imine (C=N–C) groups is 1. The molecule has 0 amide bonds. The Morgan fingerprint density at radius 3 is 2.40 bits per heavy atom. The number of hydrogen-bond acceptors (Lipinski definition) is 4. The van der Waals surface area contributed by atoms with Crippen LogP contribution in [0.3, 0.4) is 0 Å². The van der Waals surface area contributed by atoms with Gasteiger partial charge in [0.15, 0.2) is 11.5 Å². The number of hydrogen-bond donors (Lipinski definition) is 0. The van der Waals surface area contributed by atoms with E-state index < -0.39 is 0 Å². The normalized spacial score (nSPS) is 18.6. The first-order chi connectivity index (χ1) is 12.1. The minimum Gasteiger partial charge on any atom is -0.453 e. The Balaban J connectivity index is 1.96. The molecule has 134 valence electrons. The zero-order valence-electron chi connectivity index (χ0n) is 15.4. The molecule has 0 saturated heterocycles. The van der Waals surface area contributed by atoms with Crippen molar-refractivity contribution in [1.82, 2.24) is 4.90 Å². The first kappa shape index (κ1) is 18.5. The van der Waals surface area contributed by atoms with Crippen LogP contribution in [0.1, 0.15) is 27.7 Å². The molecule has 0 spiro atoms. The molecule has 0 aromatic heterocycles. The van der Waals surface area contributed by atoms with Gasteiger partial charge in [0.25, 0.3) is 0 Å². The highest BCUT2D eigenvalue weighted by Gasteiger charge is 2.28. The molecule has 1 aromatic carbocycles. The molecule has 0 bridgehead atoms. The lowest BCUT2D eigenvalue weighted by atomic mass is 10.0. The maximum Gasteiger partial charge on any atom is 0.155 e. The summed E-state index contributed by atoms with van der Waals surface area (Å²) in [5.41, 5.74) is 3.04. The number of ether oxygens (including phenoxy) is 1. The second-order valence-corrected chi connectivity index (χ2v) is 7.31. The van der Waals surface area contributed by atoms with E-state index in [-0.39, 0.29) is 6.04 Å². The van der Waals surface area contributed by atoms with Crippen LogP contribution in [0.15, 0.2) is 44.7 Å². The number of halogens is 1. The molecule has 3 rings (SSSR count). The van der Waals surface area contributed by atoms with E-state index in [9.17, 15) is 0 Å². The fraction of sp³-hybridized carbons (Fsp3) is 0.450. The molecular weight excluding hydrogens is 425 g/mol. The monoisotopic (exact) mass is 451 g/mol. The standard InChI is InChI=1S/C20H26IN3O/c1-5-23(6-2)14-9-10-17-18(12-14)25-19-13-15(24(7-3)8-4)11-16(21)20(19)22-17/h9-13,15H,5-8H2,1-4H3. The Hall–Kier alpha value is -1.34. The molecule has 0 fully saturated rings. The number of anilines is 1. The summed E-state index contributed by atoms with van der Waals surface area (Å²) >= 11 is 2.38. The van der Waals surface area contributed by atoms with Gasteiger partial charge in [-0.25, -0.2) is 4.99 Å². The van der Waals surface area contributed by atoms with E-state index in [1.165, 1.54) is 5.69 Å². The molecule has 1 atom stereocenters. The molecule has 1 unspecified atom stereocenters. The van der Waals surface area contributed by atoms with Gasteiger partial charge in [0.2, 0.25) is 0 Å². The van der Waals surface area contributed by atoms with Crippen molar-refractivity contribution in [2.45, 2.75) is 33.7 Å². The summed E-state index contributed by atoms with van der Waals surface area (Å²) in [4.78, 5) is 9.59. The van der Waals surface area contributed by atoms with Crippen LogP contribution in [0.2, 0.25) is 0 Å². The third-order valence-corrected chi connectivity index (χ3v) is 5.73. The van der Waals surface area contributed by atoms with Crippen molar-refractivity contribution in [3.05, 3.63) is 39.7 Å². The Kier molecular flexibility index (Phi) is 5.84. The summed E-state index contributed by atoms with van der Waals surface area (Å²) in [5, 5.41) is 0. The van der Waals surface area contributed by atoms with Crippen molar-refractivity contribution >= 4 is 39.7 Å². The number of fused-ring (bicyclic) bond motifs is 2. The molecule has 25 heavy (non-hydrogen) atoms. The number of allylic oxidation sites excluding steroid dienone is 1. The highest BCUT2D eigenvalue weighted by atomic mass is 127. The average Bonchev–Trinajstić information content (AvgIpc) is 2.62. The maximum absolute atomic E-state index is 6.29. The SMILES string of the molecule is CCN(CC)c1ccc2c(c1)OC1=CC(N(CC)CC)C=C(I)C1=N2. The third-order valence-electron chi connectivity index (χ3n) is 4.86. The number of benzene rings is 1. The molecule has 1 heterocycles. The molecule has 1 aromatic rings. The molecule has 1 aliphatic carbocycles. The Morgan fingerprint density at radius 2 is 1.76 bits per heavy atom. The summed E-state index contributed by atoms with van der Waals surface area (Å²) in [7, 11) is 0. The van der Waals surface area contributed by atoms with Crippen molar-refractivity contribution in [1.29, 1.82) is 0 Å². The summed E-state index contributed by atoms with van der Waals surface area (Å²) in [5.74, 6) is 1.73. The van der Waals surface area contributed by atoms with Gasteiger partial charge in [0.05, 0.1) is 6.04 Å². The predicted octanol–water partition coefficient (Wildman–Crippen LogP) is 4.92. The van der Waals surface area contributed by atoms with Crippen molar-refractivity contribution in [2.75, 3.05) is 31.1 Å². The zero-order chi connectivity index (χ0) is 18.0. The van der Waals surface area contributed by atoms with Gasteiger partial charge in [0.1, 0.15) is 11.4 Å². The van der Waals surface area contributed by atoms with E-state index in [0.29, 0.717) is 0 Å². The molecule has 0 saturated carbocycles. The van der Waals surface area contributed by atoms with Crippen LogP contribution < -0.4 is 9.64 Å². The van der Waals surface area contributed by atoms with E-state index in [2.05, 4.69) is 90.4 Å². The van der Waals surface area contributed by atoms with Crippen molar-refractivity contribution in [2.24, 2.45) is 4.99 Å². The van der Waals surface area contributed by atoms with Gasteiger partial charge in [-0.3, -0.25) is 4.90 Å². The Morgan fingerprint density at radius 1 is 1.04 bits per heavy atom. The number of nitrogens with zero attached hydrogens (tertiary/aromatic N) is 3. The van der Waals surface area contributed by atoms with Gasteiger partial charge in [-0.1, -0.05) is 13.8 Å². The molecule has 0 radical (unpaired) electrons. The highest BCUT2D eigenvalue weighted by molar-refractivity contribution is 14.1. The van der Waals surface area contributed by atoms with Crippen molar-refractivity contribution < 1.29 is 4.74 Å². The van der Waals surface area contributed by atoms with Crippen LogP contribution in [0.5, 0.6) is 5.75 Å². The highest BCUT2D eigenvalue weighted by Crippen LogP contribution is 2.40. The second kappa shape index (κ2) is 7.91. The Labute approximate surface area is 164 Å². The Bertz CT molecular complexity index is 730. The lowest BCUT2D eigenvalue weighted by Crippen LogP contribution is -2.35. The minimum atomic E-state index is 0.267. The molecular formula is C20H26IN3O. The fourth-order valence-corrected chi connectivity index (χ4v) is 4.13. The zero-order valence-corrected chi connectivity index (χ0v) is 17.6. The third kappa shape index (κ3) is 3.62. The van der Waals surface area contributed by atoms with Gasteiger partial charge in [0, 0.05) is 28.4 Å². The van der Waals surface area contributed by atoms with Gasteiger partial charge in [-0.15, -0.1) is 0 Å². The van der Waals surface area contributed by atoms with Gasteiger partial charge in [-0.05, 0) is 73.8 Å². The molecule has 1 aliphatic heterocycles. The first-order valence-electron chi connectivity index (χ1n) is 9.10. The fourth-order valence-electron chi connectivity index (χ4n) is 3.38. The van der Waals surface area contributed by atoms with Crippen LogP contribution >= 0.6 is 22.6 Å². The van der Waals surface area contributed by atoms with Gasteiger partial charge < -0.3 is 9.64 Å². The van der Waals surface area contributed by atoms with Crippen molar-refractivity contribution in [3.63, 3.8) is 0 Å². The largest absolute Gasteiger partial charge is 0.453 e. The number of likely N-dealkylation sites (N-methyl/N-ethyl adjacent to an activating group) is 1. The molecule has 5 heteroatoms. The van der Waals surface area contributed by atoms with Crippen LogP contribution in [0, 0.1) is 0 Å². The van der Waals surface area contributed by atoms with E-state index >= 15 is 0 Å². The molecule has 0 N–H and O–H groups in total. The van der Waals surface area contributed by atoms with E-state index in [0.717, 1.165) is 52.7 Å². The maximum atomic E-state index is 6.29. The summed E-state index contributed by atoms with van der Waals surface area (Å²) in [6.45, 7) is 12.7. The first-order valence-corrected chi connectivity index (χ1v) is 10.2. The second-order valence-electron chi connectivity index (χ2n) is 6.14. The van der Waals surface area contributed by atoms with Crippen LogP contribution in [-0.4, -0.2) is 42.8 Å². The van der Waals surface area contributed by atoms with Crippen molar-refractivity contribution in [3.8, 4) is 5.75 Å². The van der Waals surface area contributed by atoms with E-state index in [4.69, 9.17) is 9.73 Å². The van der Waals surface area contributed by atoms with Gasteiger partial charge in [-0.2, -0.15) is 0 Å².